The first-order valence-electron chi connectivity index (χ1n) is 12.2. The fourth-order valence-corrected chi connectivity index (χ4v) is 5.85. The standard InChI is InChI=1S/C24H31BN4O6S/c1-3-14-6-8-29(2,9-7-14)12-16-5-4-15-10-17(25(33)35-22(15)20(16)23(31)32)11-19(30)21(28-34)18-13-36-24(26)27-18/h4-5,13-14,17,33H,3,6-12H2,1-2H3,(H3-,26,27,30,31,32,34)/p+1/t14?,17-,29?/m1/s1. The number of carboxylic acids is 1. The number of quaternary nitrogens is 1. The predicted octanol–water partition coefficient (Wildman–Crippen LogP) is 2.81. The number of anilines is 1. The van der Waals surface area contributed by atoms with Crippen LogP contribution in [0.1, 0.15) is 59.8 Å². The molecule has 10 nitrogen and oxygen atoms in total. The molecule has 3 heterocycles. The molecule has 2 aliphatic heterocycles. The lowest BCUT2D eigenvalue weighted by Crippen LogP contribution is -2.49. The van der Waals surface area contributed by atoms with E-state index in [0.29, 0.717) is 17.7 Å². The van der Waals surface area contributed by atoms with Crippen molar-refractivity contribution in [2.45, 2.75) is 51.4 Å². The Morgan fingerprint density at radius 2 is 2.06 bits per heavy atom. The fourth-order valence-electron chi connectivity index (χ4n) is 5.30. The van der Waals surface area contributed by atoms with Crippen LogP contribution in [0.5, 0.6) is 5.75 Å². The molecule has 4 rings (SSSR count). The first-order valence-corrected chi connectivity index (χ1v) is 13.0. The molecule has 192 valence electrons. The second-order valence-electron chi connectivity index (χ2n) is 10.1. The Morgan fingerprint density at radius 3 is 2.64 bits per heavy atom. The third-order valence-corrected chi connectivity index (χ3v) is 8.20. The average molecular weight is 515 g/mol. The van der Waals surface area contributed by atoms with E-state index in [0.717, 1.165) is 54.1 Å². The number of likely N-dealkylation sites (tertiary alicyclic amines) is 1. The van der Waals surface area contributed by atoms with E-state index in [1.807, 2.05) is 12.1 Å². The largest absolute Gasteiger partial charge is 0.535 e. The van der Waals surface area contributed by atoms with Gasteiger partial charge in [0.25, 0.3) is 0 Å². The molecule has 1 aromatic heterocycles. The van der Waals surface area contributed by atoms with Gasteiger partial charge in [0.2, 0.25) is 0 Å². The van der Waals surface area contributed by atoms with E-state index < -0.39 is 24.7 Å². The highest BCUT2D eigenvalue weighted by Gasteiger charge is 2.40. The number of nitrogen functional groups attached to an aromatic ring is 1. The Bertz CT molecular complexity index is 1180. The number of hydrogen-bond donors (Lipinski definition) is 4. The SMILES string of the molecule is CCC1CC[N+](C)(Cc2ccc3c(c2C(=O)O)OB(O)[C@@H](CC(=O)/C(=N\O)c2csc(N)n2)C3)CC1. The highest BCUT2D eigenvalue weighted by Crippen LogP contribution is 2.39. The minimum Gasteiger partial charge on any atom is -0.535 e. The van der Waals surface area contributed by atoms with Crippen molar-refractivity contribution in [2.75, 3.05) is 25.9 Å². The predicted molar refractivity (Wildman–Crippen MR) is 137 cm³/mol. The number of nitrogens with zero attached hydrogens (tertiary/aromatic N) is 3. The van der Waals surface area contributed by atoms with Crippen LogP contribution in [0.15, 0.2) is 22.7 Å². The number of benzene rings is 1. The fraction of sp³-hybridized carbons (Fsp3) is 0.500. The molecule has 0 aliphatic carbocycles. The summed E-state index contributed by atoms with van der Waals surface area (Å²) in [7, 11) is 0.769. The molecule has 0 unspecified atom stereocenters. The number of carbonyl (C=O) groups excluding carboxylic acids is 1. The van der Waals surface area contributed by atoms with Crippen molar-refractivity contribution in [3.8, 4) is 5.75 Å². The number of oxime groups is 1. The van der Waals surface area contributed by atoms with Crippen LogP contribution in [0, 0.1) is 5.92 Å². The third kappa shape index (κ3) is 5.40. The van der Waals surface area contributed by atoms with Crippen molar-refractivity contribution in [3.05, 3.63) is 39.9 Å². The van der Waals surface area contributed by atoms with Gasteiger partial charge in [-0.1, -0.05) is 30.6 Å². The number of hydrogen-bond acceptors (Lipinski definition) is 9. The topological polar surface area (TPSA) is 155 Å². The molecule has 0 saturated carbocycles. The van der Waals surface area contributed by atoms with Crippen molar-refractivity contribution in [2.24, 2.45) is 11.1 Å². The summed E-state index contributed by atoms with van der Waals surface area (Å²) in [6, 6.07) is 3.66. The quantitative estimate of drug-likeness (QED) is 0.138. The highest BCUT2D eigenvalue weighted by atomic mass is 32.1. The van der Waals surface area contributed by atoms with Crippen LogP contribution in [-0.2, 0) is 17.8 Å². The van der Waals surface area contributed by atoms with Gasteiger partial charge in [0.1, 0.15) is 23.6 Å². The van der Waals surface area contributed by atoms with Gasteiger partial charge >= 0.3 is 13.1 Å². The maximum atomic E-state index is 12.8. The van der Waals surface area contributed by atoms with Crippen molar-refractivity contribution in [1.82, 2.24) is 4.98 Å². The minimum atomic E-state index is -1.39. The third-order valence-electron chi connectivity index (χ3n) is 7.52. The molecule has 0 spiro atoms. The zero-order valence-corrected chi connectivity index (χ0v) is 21.3. The van der Waals surface area contributed by atoms with Crippen molar-refractivity contribution >= 4 is 41.1 Å². The van der Waals surface area contributed by atoms with Crippen LogP contribution in [0.4, 0.5) is 5.13 Å². The summed E-state index contributed by atoms with van der Waals surface area (Å²) in [5.41, 5.74) is 6.90. The summed E-state index contributed by atoms with van der Waals surface area (Å²) < 4.78 is 6.50. The Balaban J connectivity index is 1.54. The Kier molecular flexibility index (Phi) is 7.67. The number of piperidine rings is 1. The first kappa shape index (κ1) is 26.1. The van der Waals surface area contributed by atoms with Crippen LogP contribution >= 0.6 is 11.3 Å². The molecule has 0 radical (unpaired) electrons. The van der Waals surface area contributed by atoms with Crippen LogP contribution in [0.25, 0.3) is 0 Å². The van der Waals surface area contributed by atoms with Gasteiger partial charge < -0.3 is 30.2 Å². The smallest absolute Gasteiger partial charge is 0.526 e. The molecule has 1 saturated heterocycles. The molecule has 1 aromatic carbocycles. The maximum absolute atomic E-state index is 12.8. The number of Topliss-reactive ketones (excluding diaryl/α,β-unsaturated/α-hetero) is 1. The normalized spacial score (nSPS) is 24.2. The molecule has 0 amide bonds. The zero-order valence-electron chi connectivity index (χ0n) is 20.5. The maximum Gasteiger partial charge on any atom is 0.526 e. The van der Waals surface area contributed by atoms with Gasteiger partial charge in [-0.2, -0.15) is 0 Å². The number of fused-ring (bicyclic) bond motifs is 1. The molecule has 36 heavy (non-hydrogen) atoms. The van der Waals surface area contributed by atoms with E-state index in [9.17, 15) is 24.9 Å². The van der Waals surface area contributed by atoms with E-state index >= 15 is 0 Å². The highest BCUT2D eigenvalue weighted by molar-refractivity contribution is 7.13. The number of rotatable bonds is 8. The molecular weight excluding hydrogens is 483 g/mol. The van der Waals surface area contributed by atoms with Gasteiger partial charge in [-0.05, 0) is 30.7 Å². The van der Waals surface area contributed by atoms with Gasteiger partial charge in [0.15, 0.2) is 16.6 Å². The van der Waals surface area contributed by atoms with Gasteiger partial charge in [0.05, 0.1) is 20.1 Å². The molecule has 2 aliphatic rings. The molecule has 12 heteroatoms. The second-order valence-corrected chi connectivity index (χ2v) is 11.0. The van der Waals surface area contributed by atoms with E-state index in [1.165, 1.54) is 5.38 Å². The lowest BCUT2D eigenvalue weighted by Gasteiger charge is -2.41. The lowest BCUT2D eigenvalue weighted by atomic mass is 9.64. The minimum absolute atomic E-state index is 0.0730. The Hall–Kier alpha value is -2.96. The Labute approximate surface area is 214 Å². The summed E-state index contributed by atoms with van der Waals surface area (Å²) in [4.78, 5) is 29.1. The zero-order chi connectivity index (χ0) is 26.0. The summed E-state index contributed by atoms with van der Waals surface area (Å²) in [5, 5.41) is 35.0. The van der Waals surface area contributed by atoms with E-state index in [1.54, 1.807) is 0 Å². The van der Waals surface area contributed by atoms with Crippen LogP contribution < -0.4 is 10.4 Å². The molecule has 5 N–H and O–H groups in total. The number of thiazole rings is 1. The molecule has 1 atom stereocenters. The second kappa shape index (κ2) is 10.6. The van der Waals surface area contributed by atoms with Gasteiger partial charge in [-0.3, -0.25) is 4.79 Å². The lowest BCUT2D eigenvalue weighted by molar-refractivity contribution is -0.928. The average Bonchev–Trinajstić information content (AvgIpc) is 3.26. The van der Waals surface area contributed by atoms with Gasteiger partial charge in [-0.15, -0.1) is 11.3 Å². The number of nitrogens with two attached hydrogens (primary N) is 1. The first-order chi connectivity index (χ1) is 17.1. The van der Waals surface area contributed by atoms with Crippen molar-refractivity contribution in [1.29, 1.82) is 0 Å². The van der Waals surface area contributed by atoms with Crippen LogP contribution in [-0.4, -0.2) is 69.5 Å². The molecular formula is C24H32BN4O6S+. The number of ketones is 1. The van der Waals surface area contributed by atoms with Crippen molar-refractivity contribution < 1.29 is 34.1 Å². The van der Waals surface area contributed by atoms with E-state index in [-0.39, 0.29) is 40.7 Å². The Morgan fingerprint density at radius 1 is 1.33 bits per heavy atom. The monoisotopic (exact) mass is 515 g/mol. The number of aromatic carboxylic acids is 1. The number of carbonyl (C=O) groups is 2. The van der Waals surface area contributed by atoms with Crippen LogP contribution in [0.3, 0.4) is 0 Å². The number of aromatic nitrogens is 1. The van der Waals surface area contributed by atoms with Gasteiger partial charge in [-0.25, -0.2) is 9.78 Å². The summed E-state index contributed by atoms with van der Waals surface area (Å²) in [5.74, 6) is -1.39. The van der Waals surface area contributed by atoms with Gasteiger partial charge in [0, 0.05) is 23.2 Å². The van der Waals surface area contributed by atoms with Crippen LogP contribution in [0.2, 0.25) is 5.82 Å². The molecule has 1 fully saturated rings. The number of carboxylic acid groups (broad SMARTS) is 1. The van der Waals surface area contributed by atoms with E-state index in [2.05, 4.69) is 24.1 Å². The molecule has 0 bridgehead atoms. The summed E-state index contributed by atoms with van der Waals surface area (Å²) in [6.45, 7) is 4.76. The van der Waals surface area contributed by atoms with E-state index in [4.69, 9.17) is 10.4 Å². The summed E-state index contributed by atoms with van der Waals surface area (Å²) in [6.07, 6.45) is 3.48. The molecule has 2 aromatic rings. The summed E-state index contributed by atoms with van der Waals surface area (Å²) >= 11 is 1.11. The van der Waals surface area contributed by atoms with Crippen molar-refractivity contribution in [3.63, 3.8) is 0 Å².